The van der Waals surface area contributed by atoms with Gasteiger partial charge in [-0.05, 0) is 42.9 Å². The number of benzene rings is 1. The average molecular weight is 296 g/mol. The quantitative estimate of drug-likeness (QED) is 0.596. The molecule has 0 aromatic heterocycles. The van der Waals surface area contributed by atoms with Crippen LogP contribution in [0.25, 0.3) is 0 Å². The van der Waals surface area contributed by atoms with E-state index in [4.69, 9.17) is 11.6 Å². The van der Waals surface area contributed by atoms with E-state index < -0.39 is 0 Å². The van der Waals surface area contributed by atoms with Crippen molar-refractivity contribution < 1.29 is 0 Å². The van der Waals surface area contributed by atoms with Gasteiger partial charge in [-0.25, -0.2) is 0 Å². The normalized spacial score (nSPS) is 13.4. The summed E-state index contributed by atoms with van der Waals surface area (Å²) in [5.74, 6) is 0. The monoisotopic (exact) mass is 295 g/mol. The molecule has 1 atom stereocenters. The predicted octanol–water partition coefficient (Wildman–Crippen LogP) is 5.47. The first-order valence-electron chi connectivity index (χ1n) is 7.91. The van der Waals surface area contributed by atoms with Crippen LogP contribution in [0.3, 0.4) is 0 Å². The molecule has 2 heteroatoms. The number of halogens is 1. The Hall–Kier alpha value is -0.530. The fourth-order valence-corrected chi connectivity index (χ4v) is 2.56. The molecule has 0 saturated heterocycles. The molecule has 114 valence electrons. The summed E-state index contributed by atoms with van der Waals surface area (Å²) in [5, 5.41) is 4.49. The number of hydrogen-bond acceptors (Lipinski definition) is 1. The lowest BCUT2D eigenvalue weighted by Gasteiger charge is -2.27. The van der Waals surface area contributed by atoms with Gasteiger partial charge in [-0.1, -0.05) is 63.8 Å². The molecule has 1 N–H and O–H groups in total. The van der Waals surface area contributed by atoms with Crippen molar-refractivity contribution in [2.75, 3.05) is 6.54 Å². The molecule has 1 aromatic carbocycles. The summed E-state index contributed by atoms with van der Waals surface area (Å²) in [6, 6.07) is 8.68. The van der Waals surface area contributed by atoms with E-state index in [1.807, 2.05) is 12.1 Å². The molecule has 0 fully saturated rings. The third-order valence-electron chi connectivity index (χ3n) is 3.84. The molecule has 1 nitrogen and oxygen atoms in total. The lowest BCUT2D eigenvalue weighted by molar-refractivity contribution is 0.289. The maximum atomic E-state index is 5.91. The molecule has 1 unspecified atom stereocenters. The van der Waals surface area contributed by atoms with Gasteiger partial charge in [-0.15, -0.1) is 0 Å². The van der Waals surface area contributed by atoms with Crippen molar-refractivity contribution in [1.82, 2.24) is 5.32 Å². The SMILES string of the molecule is CCCCCC(C)(C)CNC(C)Cc1ccc(Cl)cc1. The van der Waals surface area contributed by atoms with Crippen molar-refractivity contribution in [3.8, 4) is 0 Å². The van der Waals surface area contributed by atoms with Gasteiger partial charge in [0.1, 0.15) is 0 Å². The maximum Gasteiger partial charge on any atom is 0.0406 e. The number of hydrogen-bond donors (Lipinski definition) is 1. The Bertz CT molecular complexity index is 370. The Labute approximate surface area is 130 Å². The zero-order chi connectivity index (χ0) is 15.0. The van der Waals surface area contributed by atoms with Crippen molar-refractivity contribution in [3.63, 3.8) is 0 Å². The first-order chi connectivity index (χ1) is 9.43. The second-order valence-electron chi connectivity index (χ2n) is 6.73. The van der Waals surface area contributed by atoms with Gasteiger partial charge in [0.2, 0.25) is 0 Å². The summed E-state index contributed by atoms with van der Waals surface area (Å²) in [6.45, 7) is 10.3. The molecule has 0 aliphatic carbocycles. The minimum Gasteiger partial charge on any atom is -0.313 e. The molecule has 0 spiro atoms. The number of unbranched alkanes of at least 4 members (excludes halogenated alkanes) is 2. The van der Waals surface area contributed by atoms with Gasteiger partial charge in [0, 0.05) is 17.6 Å². The van der Waals surface area contributed by atoms with Crippen LogP contribution in [0.15, 0.2) is 24.3 Å². The van der Waals surface area contributed by atoms with Crippen LogP contribution in [0.4, 0.5) is 0 Å². The van der Waals surface area contributed by atoms with Gasteiger partial charge in [0.05, 0.1) is 0 Å². The minimum absolute atomic E-state index is 0.392. The Kier molecular flexibility index (Phi) is 7.61. The van der Waals surface area contributed by atoms with Crippen molar-refractivity contribution >= 4 is 11.6 Å². The van der Waals surface area contributed by atoms with Crippen LogP contribution >= 0.6 is 11.6 Å². The van der Waals surface area contributed by atoms with Crippen molar-refractivity contribution in [2.24, 2.45) is 5.41 Å². The summed E-state index contributed by atoms with van der Waals surface area (Å²) in [6.07, 6.45) is 6.36. The molecular weight excluding hydrogens is 266 g/mol. The first kappa shape index (κ1) is 17.5. The maximum absolute atomic E-state index is 5.91. The molecular formula is C18H30ClN. The van der Waals surface area contributed by atoms with E-state index in [-0.39, 0.29) is 0 Å². The van der Waals surface area contributed by atoms with E-state index >= 15 is 0 Å². The molecule has 20 heavy (non-hydrogen) atoms. The van der Waals surface area contributed by atoms with E-state index in [0.717, 1.165) is 18.0 Å². The highest BCUT2D eigenvalue weighted by molar-refractivity contribution is 6.30. The standard InChI is InChI=1S/C18H30ClN/c1-5-6-7-12-18(3,4)14-20-15(2)13-16-8-10-17(19)11-9-16/h8-11,15,20H,5-7,12-14H2,1-4H3. The second kappa shape index (κ2) is 8.69. The fraction of sp³-hybridized carbons (Fsp3) is 0.667. The summed E-state index contributed by atoms with van der Waals surface area (Å²) in [4.78, 5) is 0. The molecule has 0 amide bonds. The van der Waals surface area contributed by atoms with Crippen LogP contribution < -0.4 is 5.32 Å². The van der Waals surface area contributed by atoms with Crippen molar-refractivity contribution in [1.29, 1.82) is 0 Å². The number of rotatable bonds is 9. The van der Waals surface area contributed by atoms with Crippen LogP contribution in [0.2, 0.25) is 5.02 Å². The van der Waals surface area contributed by atoms with E-state index in [1.54, 1.807) is 0 Å². The zero-order valence-corrected chi connectivity index (χ0v) is 14.3. The van der Waals surface area contributed by atoms with Crippen LogP contribution in [0, 0.1) is 5.41 Å². The van der Waals surface area contributed by atoms with E-state index in [2.05, 4.69) is 45.1 Å². The lowest BCUT2D eigenvalue weighted by atomic mass is 9.86. The zero-order valence-electron chi connectivity index (χ0n) is 13.5. The lowest BCUT2D eigenvalue weighted by Crippen LogP contribution is -2.36. The second-order valence-corrected chi connectivity index (χ2v) is 7.17. The predicted molar refractivity (Wildman–Crippen MR) is 90.5 cm³/mol. The average Bonchev–Trinajstić information content (AvgIpc) is 2.40. The third kappa shape index (κ3) is 7.31. The highest BCUT2D eigenvalue weighted by Crippen LogP contribution is 2.23. The Morgan fingerprint density at radius 3 is 2.40 bits per heavy atom. The van der Waals surface area contributed by atoms with Crippen LogP contribution in [0.5, 0.6) is 0 Å². The summed E-state index contributed by atoms with van der Waals surface area (Å²) >= 11 is 5.91. The van der Waals surface area contributed by atoms with Crippen molar-refractivity contribution in [3.05, 3.63) is 34.9 Å². The first-order valence-corrected chi connectivity index (χ1v) is 8.28. The van der Waals surface area contributed by atoms with Crippen molar-refractivity contribution in [2.45, 2.75) is 65.8 Å². The molecule has 0 aliphatic rings. The van der Waals surface area contributed by atoms with E-state index in [9.17, 15) is 0 Å². The van der Waals surface area contributed by atoms with Crippen LogP contribution in [-0.4, -0.2) is 12.6 Å². The van der Waals surface area contributed by atoms with Gasteiger partial charge < -0.3 is 5.32 Å². The van der Waals surface area contributed by atoms with Gasteiger partial charge >= 0.3 is 0 Å². The molecule has 0 bridgehead atoms. The topological polar surface area (TPSA) is 12.0 Å². The van der Waals surface area contributed by atoms with Gasteiger partial charge in [0.25, 0.3) is 0 Å². The highest BCUT2D eigenvalue weighted by Gasteiger charge is 2.18. The van der Waals surface area contributed by atoms with Crippen LogP contribution in [0.1, 0.15) is 58.9 Å². The Morgan fingerprint density at radius 2 is 1.80 bits per heavy atom. The Morgan fingerprint density at radius 1 is 1.15 bits per heavy atom. The minimum atomic E-state index is 0.392. The molecule has 0 aliphatic heterocycles. The number of nitrogens with one attached hydrogen (secondary N) is 1. The van der Waals surface area contributed by atoms with E-state index in [1.165, 1.54) is 31.2 Å². The summed E-state index contributed by atoms with van der Waals surface area (Å²) in [5.41, 5.74) is 1.74. The van der Waals surface area contributed by atoms with Gasteiger partial charge in [-0.3, -0.25) is 0 Å². The largest absolute Gasteiger partial charge is 0.313 e. The van der Waals surface area contributed by atoms with E-state index in [0.29, 0.717) is 11.5 Å². The molecule has 1 rings (SSSR count). The van der Waals surface area contributed by atoms with Gasteiger partial charge in [-0.2, -0.15) is 0 Å². The molecule has 0 saturated carbocycles. The summed E-state index contributed by atoms with van der Waals surface area (Å²) < 4.78 is 0. The highest BCUT2D eigenvalue weighted by atomic mass is 35.5. The smallest absolute Gasteiger partial charge is 0.0406 e. The molecule has 0 heterocycles. The fourth-order valence-electron chi connectivity index (χ4n) is 2.44. The Balaban J connectivity index is 2.31. The van der Waals surface area contributed by atoms with Gasteiger partial charge in [0.15, 0.2) is 0 Å². The van der Waals surface area contributed by atoms with Crippen LogP contribution in [-0.2, 0) is 6.42 Å². The third-order valence-corrected chi connectivity index (χ3v) is 4.09. The summed E-state index contributed by atoms with van der Waals surface area (Å²) in [7, 11) is 0. The molecule has 0 radical (unpaired) electrons. The molecule has 1 aromatic rings.